The van der Waals surface area contributed by atoms with Gasteiger partial charge in [-0.25, -0.2) is 4.68 Å². The largest absolute Gasteiger partial charge is 0.355 e. The summed E-state index contributed by atoms with van der Waals surface area (Å²) in [4.78, 5) is 2.30. The van der Waals surface area contributed by atoms with Gasteiger partial charge in [0.1, 0.15) is 0 Å². The first kappa shape index (κ1) is 17.6. The van der Waals surface area contributed by atoms with Crippen LogP contribution in [0.15, 0.2) is 48.9 Å². The van der Waals surface area contributed by atoms with E-state index in [2.05, 4.69) is 61.0 Å². The predicted molar refractivity (Wildman–Crippen MR) is 116 cm³/mol. The van der Waals surface area contributed by atoms with E-state index in [1.54, 1.807) is 6.20 Å². The molecule has 8 nitrogen and oxygen atoms in total. The Labute approximate surface area is 174 Å². The van der Waals surface area contributed by atoms with Crippen molar-refractivity contribution in [1.82, 2.24) is 35.5 Å². The van der Waals surface area contributed by atoms with Gasteiger partial charge in [-0.05, 0) is 56.0 Å². The summed E-state index contributed by atoms with van der Waals surface area (Å²) in [5, 5.41) is 25.6. The molecule has 2 aliphatic rings. The number of H-pyrrole nitrogens is 1. The van der Waals surface area contributed by atoms with Crippen molar-refractivity contribution in [2.75, 3.05) is 11.9 Å². The van der Waals surface area contributed by atoms with E-state index in [1.807, 2.05) is 29.2 Å². The van der Waals surface area contributed by atoms with Crippen molar-refractivity contribution < 1.29 is 0 Å². The minimum Gasteiger partial charge on any atom is -0.355 e. The molecule has 2 aliphatic heterocycles. The Hall–Kier alpha value is -3.26. The quantitative estimate of drug-likeness (QED) is 0.548. The van der Waals surface area contributed by atoms with Gasteiger partial charge in [-0.15, -0.1) is 10.2 Å². The molecule has 0 amide bonds. The summed E-state index contributed by atoms with van der Waals surface area (Å²) >= 11 is 0. The Morgan fingerprint density at radius 3 is 2.67 bits per heavy atom. The van der Waals surface area contributed by atoms with E-state index in [0.29, 0.717) is 18.1 Å². The third-order valence-electron chi connectivity index (χ3n) is 6.63. The van der Waals surface area contributed by atoms with Crippen LogP contribution in [-0.4, -0.2) is 55.3 Å². The molecule has 0 spiro atoms. The maximum Gasteiger partial charge on any atom is 0.151 e. The first-order chi connectivity index (χ1) is 14.8. The average molecular weight is 400 g/mol. The summed E-state index contributed by atoms with van der Waals surface area (Å²) in [7, 11) is 2.14. The summed E-state index contributed by atoms with van der Waals surface area (Å²) in [6.45, 7) is 0. The fourth-order valence-electron chi connectivity index (χ4n) is 5.03. The van der Waals surface area contributed by atoms with Gasteiger partial charge in [0.25, 0.3) is 0 Å². The van der Waals surface area contributed by atoms with Gasteiger partial charge in [0.05, 0.1) is 23.1 Å². The number of rotatable bonds is 4. The van der Waals surface area contributed by atoms with Crippen LogP contribution in [0, 0.1) is 0 Å². The highest BCUT2D eigenvalue weighted by Gasteiger charge is 2.35. The number of hydrogen-bond donors (Lipinski definition) is 2. The molecule has 0 saturated carbocycles. The van der Waals surface area contributed by atoms with Crippen molar-refractivity contribution >= 4 is 16.7 Å². The number of anilines is 1. The molecule has 1 aromatic carbocycles. The number of aromatic amines is 1. The summed E-state index contributed by atoms with van der Waals surface area (Å²) in [5.74, 6) is 0.930. The molecular formula is C22H24N8. The van der Waals surface area contributed by atoms with Gasteiger partial charge in [-0.3, -0.25) is 5.10 Å². The van der Waals surface area contributed by atoms with E-state index >= 15 is 0 Å². The smallest absolute Gasteiger partial charge is 0.151 e. The van der Waals surface area contributed by atoms with Gasteiger partial charge >= 0.3 is 0 Å². The topological polar surface area (TPSA) is 87.6 Å². The van der Waals surface area contributed by atoms with Crippen molar-refractivity contribution in [2.24, 2.45) is 0 Å². The summed E-state index contributed by atoms with van der Waals surface area (Å²) in [6, 6.07) is 12.0. The van der Waals surface area contributed by atoms with Crippen LogP contribution in [0.5, 0.6) is 0 Å². The normalized spacial score (nSPS) is 23.2. The Kier molecular flexibility index (Phi) is 4.05. The van der Waals surface area contributed by atoms with Crippen LogP contribution in [-0.2, 0) is 0 Å². The lowest BCUT2D eigenvalue weighted by molar-refractivity contribution is 0.353. The highest BCUT2D eigenvalue weighted by Crippen LogP contribution is 2.32. The molecule has 5 heterocycles. The Bertz CT molecular complexity index is 1150. The van der Waals surface area contributed by atoms with Crippen LogP contribution in [0.4, 0.5) is 5.82 Å². The summed E-state index contributed by atoms with van der Waals surface area (Å²) in [6.07, 6.45) is 10.5. The molecule has 2 fully saturated rings. The Balaban J connectivity index is 1.30. The van der Waals surface area contributed by atoms with Crippen LogP contribution in [0.2, 0.25) is 0 Å². The predicted octanol–water partition coefficient (Wildman–Crippen LogP) is 2.92. The van der Waals surface area contributed by atoms with Crippen LogP contribution in [0.25, 0.3) is 27.8 Å². The minimum atomic E-state index is 0.525. The average Bonchev–Trinajstić information content (AvgIpc) is 3.54. The molecule has 4 aromatic rings. The molecule has 0 radical (unpaired) electrons. The molecule has 3 atom stereocenters. The third-order valence-corrected chi connectivity index (χ3v) is 6.63. The monoisotopic (exact) mass is 400 g/mol. The molecule has 0 unspecified atom stereocenters. The van der Waals surface area contributed by atoms with Crippen molar-refractivity contribution in [3.8, 4) is 16.9 Å². The minimum absolute atomic E-state index is 0.525. The number of nitrogens with one attached hydrogen (secondary N) is 2. The lowest BCUT2D eigenvalue weighted by Gasteiger charge is -2.36. The number of hydrogen-bond acceptors (Lipinski definition) is 6. The molecule has 2 bridgehead atoms. The maximum absolute atomic E-state index is 4.57. The number of nitrogens with zero attached hydrogens (tertiary/aromatic N) is 6. The van der Waals surface area contributed by atoms with Crippen LogP contribution >= 0.6 is 0 Å². The first-order valence-electron chi connectivity index (χ1n) is 10.6. The lowest BCUT2D eigenvalue weighted by atomic mass is 9.98. The SMILES string of the molecule is CN(c1ccc(-c2ccc(-n3cccn3)c3cn[nH]c23)nn1)[C@H]1C[C@H]2CC[C@@H](C1)N2. The number of benzene rings is 1. The molecule has 2 N–H and O–H groups in total. The second-order valence-corrected chi connectivity index (χ2v) is 8.39. The maximum atomic E-state index is 4.57. The summed E-state index contributed by atoms with van der Waals surface area (Å²) < 4.78 is 1.84. The van der Waals surface area contributed by atoms with Gasteiger partial charge in [-0.1, -0.05) is 0 Å². The van der Waals surface area contributed by atoms with Crippen molar-refractivity contribution in [2.45, 2.75) is 43.8 Å². The van der Waals surface area contributed by atoms with Gasteiger partial charge < -0.3 is 10.2 Å². The first-order valence-corrected chi connectivity index (χ1v) is 10.6. The van der Waals surface area contributed by atoms with E-state index in [4.69, 9.17) is 0 Å². The Morgan fingerprint density at radius 1 is 1.07 bits per heavy atom. The van der Waals surface area contributed by atoms with Gasteiger partial charge in [0.15, 0.2) is 5.82 Å². The molecule has 6 rings (SSSR count). The number of piperidine rings is 1. The fraction of sp³-hybridized carbons (Fsp3) is 0.364. The molecule has 2 saturated heterocycles. The van der Waals surface area contributed by atoms with E-state index in [9.17, 15) is 0 Å². The number of fused-ring (bicyclic) bond motifs is 3. The zero-order valence-corrected chi connectivity index (χ0v) is 16.9. The number of aromatic nitrogens is 6. The molecular weight excluding hydrogens is 376 g/mol. The zero-order valence-electron chi connectivity index (χ0n) is 16.9. The standard InChI is InChI=1S/C22H24N8/c1-29(16-11-14-3-4-15(12-16)25-14)21-8-6-19(26-27-21)17-5-7-20(30-10-2-9-24-30)18-13-23-28-22(17)18/h2,5-10,13-16,25H,3-4,11-12H2,1H3,(H,23,28)/t14-,15+,16+. The zero-order chi connectivity index (χ0) is 20.1. The van der Waals surface area contributed by atoms with Crippen molar-refractivity contribution in [3.05, 3.63) is 48.9 Å². The van der Waals surface area contributed by atoms with E-state index in [1.165, 1.54) is 25.7 Å². The van der Waals surface area contributed by atoms with Crippen molar-refractivity contribution in [1.29, 1.82) is 0 Å². The molecule has 8 heteroatoms. The van der Waals surface area contributed by atoms with E-state index in [-0.39, 0.29) is 0 Å². The highest BCUT2D eigenvalue weighted by atomic mass is 15.3. The Morgan fingerprint density at radius 2 is 1.93 bits per heavy atom. The van der Waals surface area contributed by atoms with E-state index in [0.717, 1.165) is 33.7 Å². The van der Waals surface area contributed by atoms with E-state index < -0.39 is 0 Å². The molecule has 152 valence electrons. The highest BCUT2D eigenvalue weighted by molar-refractivity contribution is 5.97. The summed E-state index contributed by atoms with van der Waals surface area (Å²) in [5.41, 5.74) is 3.74. The van der Waals surface area contributed by atoms with Gasteiger partial charge in [0.2, 0.25) is 0 Å². The van der Waals surface area contributed by atoms with Gasteiger partial charge in [-0.2, -0.15) is 10.2 Å². The van der Waals surface area contributed by atoms with Crippen molar-refractivity contribution in [3.63, 3.8) is 0 Å². The van der Waals surface area contributed by atoms with Gasteiger partial charge in [0, 0.05) is 48.5 Å². The van der Waals surface area contributed by atoms with Crippen LogP contribution in [0.3, 0.4) is 0 Å². The molecule has 0 aliphatic carbocycles. The van der Waals surface area contributed by atoms with Crippen LogP contribution < -0.4 is 10.2 Å². The second-order valence-electron chi connectivity index (χ2n) is 8.39. The lowest BCUT2D eigenvalue weighted by Crippen LogP contribution is -2.47. The third kappa shape index (κ3) is 2.87. The molecule has 3 aromatic heterocycles. The molecule has 30 heavy (non-hydrogen) atoms. The second kappa shape index (κ2) is 6.91. The fourth-order valence-corrected chi connectivity index (χ4v) is 5.03. The van der Waals surface area contributed by atoms with Crippen LogP contribution in [0.1, 0.15) is 25.7 Å².